The molecular formula is C26H30O9. The Morgan fingerprint density at radius 1 is 1.14 bits per heavy atom. The number of ketones is 1. The molecule has 9 heteroatoms. The number of aliphatic hydroxyl groups is 1. The molecule has 2 heterocycles. The molecule has 0 unspecified atom stereocenters. The number of Topliss-reactive ketones (excluding diaryl/α,β-unsaturated/α-hetero) is 1. The summed E-state index contributed by atoms with van der Waals surface area (Å²) in [6.45, 7) is 5.43. The van der Waals surface area contributed by atoms with Crippen molar-refractivity contribution in [3.63, 3.8) is 0 Å². The monoisotopic (exact) mass is 486 g/mol. The molecule has 5 rings (SSSR count). The number of furan rings is 1. The molecule has 0 radical (unpaired) electrons. The number of esters is 3. The van der Waals surface area contributed by atoms with E-state index in [2.05, 4.69) is 0 Å². The van der Waals surface area contributed by atoms with Gasteiger partial charge in [0.15, 0.2) is 11.7 Å². The number of carbonyl (C=O) groups is 4. The third-order valence-electron chi connectivity index (χ3n) is 9.39. The summed E-state index contributed by atoms with van der Waals surface area (Å²) in [5.41, 5.74) is -1.19. The zero-order valence-electron chi connectivity index (χ0n) is 20.5. The summed E-state index contributed by atoms with van der Waals surface area (Å²) in [7, 11) is 2.32. The normalized spacial score (nSPS) is 37.1. The van der Waals surface area contributed by atoms with Gasteiger partial charge in [-0.15, -0.1) is 0 Å². The number of cyclic esters (lactones) is 1. The smallest absolute Gasteiger partial charge is 0.321 e. The highest BCUT2D eigenvalue weighted by molar-refractivity contribution is 6.08. The number of hydrogen-bond acceptors (Lipinski definition) is 9. The highest BCUT2D eigenvalue weighted by Gasteiger charge is 2.80. The standard InChI is InChI=1S/C26H30O9/c1-24(2)19(28)17-16-13(26(24,20(17)29)18(22(30)32-4)23(31)33-5)6-8-25(3)14(16)10-15(27)35-21(25)12-7-9-34-11-12/h7,9,11,13,17-19,21,28H,6,8,10H2,1-5H3/t13-,17+,19+,21+,25-,26-/m1/s1. The first kappa shape index (κ1) is 23.8. The van der Waals surface area contributed by atoms with Crippen LogP contribution in [0.25, 0.3) is 0 Å². The summed E-state index contributed by atoms with van der Waals surface area (Å²) in [6.07, 6.45) is 2.27. The van der Waals surface area contributed by atoms with E-state index in [1.165, 1.54) is 6.26 Å². The molecule has 3 aliphatic carbocycles. The van der Waals surface area contributed by atoms with E-state index in [-0.39, 0.29) is 12.2 Å². The largest absolute Gasteiger partial charge is 0.472 e. The fourth-order valence-electron chi connectivity index (χ4n) is 7.80. The third kappa shape index (κ3) is 2.67. The second-order valence-corrected chi connectivity index (χ2v) is 10.9. The van der Waals surface area contributed by atoms with E-state index >= 15 is 0 Å². The molecule has 0 aromatic carbocycles. The van der Waals surface area contributed by atoms with Gasteiger partial charge in [0.1, 0.15) is 6.10 Å². The molecule has 0 amide bonds. The Labute approximate surface area is 202 Å². The minimum atomic E-state index is -1.56. The predicted molar refractivity (Wildman–Crippen MR) is 118 cm³/mol. The molecule has 1 aromatic heterocycles. The van der Waals surface area contributed by atoms with Crippen molar-refractivity contribution in [2.24, 2.45) is 34.0 Å². The van der Waals surface area contributed by atoms with Gasteiger partial charge >= 0.3 is 17.9 Å². The molecule has 1 aliphatic heterocycles. The minimum absolute atomic E-state index is 0.0230. The highest BCUT2D eigenvalue weighted by atomic mass is 16.6. The SMILES string of the molecule is COC(=O)C(C(=O)OC)[C@@]12C(=O)[C@@H](C3=C4CC(=O)O[C@@H](c5ccoc5)[C@]4(C)CC[C@H]31)[C@H](O)C2(C)C. The topological polar surface area (TPSA) is 129 Å². The number of hydrogen-bond donors (Lipinski definition) is 1. The van der Waals surface area contributed by atoms with Crippen molar-refractivity contribution in [1.29, 1.82) is 0 Å². The van der Waals surface area contributed by atoms with Crippen LogP contribution < -0.4 is 0 Å². The van der Waals surface area contributed by atoms with E-state index in [0.717, 1.165) is 19.8 Å². The molecule has 9 nitrogen and oxygen atoms in total. The van der Waals surface area contributed by atoms with Crippen LogP contribution in [0.1, 0.15) is 51.7 Å². The predicted octanol–water partition coefficient (Wildman–Crippen LogP) is 2.53. The van der Waals surface area contributed by atoms with Gasteiger partial charge < -0.3 is 23.7 Å². The fourth-order valence-corrected chi connectivity index (χ4v) is 7.80. The van der Waals surface area contributed by atoms with E-state index in [0.29, 0.717) is 24.0 Å². The van der Waals surface area contributed by atoms with Crippen LogP contribution in [0.15, 0.2) is 34.2 Å². The minimum Gasteiger partial charge on any atom is -0.472 e. The number of methoxy groups -OCH3 is 2. The van der Waals surface area contributed by atoms with Crippen molar-refractivity contribution in [2.45, 2.75) is 52.2 Å². The maximum Gasteiger partial charge on any atom is 0.321 e. The van der Waals surface area contributed by atoms with Crippen LogP contribution in [0.3, 0.4) is 0 Å². The first-order chi connectivity index (χ1) is 16.5. The Balaban J connectivity index is 1.76. The van der Waals surface area contributed by atoms with Crippen molar-refractivity contribution in [1.82, 2.24) is 0 Å². The summed E-state index contributed by atoms with van der Waals surface area (Å²) < 4.78 is 21.0. The van der Waals surface area contributed by atoms with Gasteiger partial charge in [-0.3, -0.25) is 19.2 Å². The average molecular weight is 487 g/mol. The Hall–Kier alpha value is -2.94. The Morgan fingerprint density at radius 2 is 1.80 bits per heavy atom. The average Bonchev–Trinajstić information content (AvgIpc) is 3.47. The maximum atomic E-state index is 14.2. The second kappa shape index (κ2) is 7.53. The van der Waals surface area contributed by atoms with Crippen molar-refractivity contribution in [3.8, 4) is 0 Å². The molecule has 4 aliphatic rings. The summed E-state index contributed by atoms with van der Waals surface area (Å²) >= 11 is 0. The Kier molecular flexibility index (Phi) is 5.12. The number of ether oxygens (including phenoxy) is 3. The van der Waals surface area contributed by atoms with E-state index in [4.69, 9.17) is 18.6 Å². The molecule has 0 spiro atoms. The van der Waals surface area contributed by atoms with E-state index in [1.807, 2.05) is 6.92 Å². The van der Waals surface area contributed by atoms with Gasteiger partial charge in [-0.05, 0) is 30.4 Å². The molecule has 188 valence electrons. The first-order valence-corrected chi connectivity index (χ1v) is 11.8. The number of fused-ring (bicyclic) bond motifs is 6. The number of rotatable bonds is 4. The van der Waals surface area contributed by atoms with Crippen LogP contribution in [-0.4, -0.2) is 49.1 Å². The lowest BCUT2D eigenvalue weighted by atomic mass is 9.48. The third-order valence-corrected chi connectivity index (χ3v) is 9.39. The summed E-state index contributed by atoms with van der Waals surface area (Å²) in [5, 5.41) is 11.5. The van der Waals surface area contributed by atoms with Crippen LogP contribution in [0, 0.1) is 34.0 Å². The lowest BCUT2D eigenvalue weighted by Gasteiger charge is -2.55. The van der Waals surface area contributed by atoms with Gasteiger partial charge in [0, 0.05) is 16.4 Å². The van der Waals surface area contributed by atoms with Gasteiger partial charge in [0.2, 0.25) is 0 Å². The van der Waals surface area contributed by atoms with Gasteiger partial charge in [0.25, 0.3) is 0 Å². The number of carbonyl (C=O) groups excluding carboxylic acids is 4. The molecule has 3 fully saturated rings. The fraction of sp³-hybridized carbons (Fsp3) is 0.615. The molecular weight excluding hydrogens is 456 g/mol. The van der Waals surface area contributed by atoms with Gasteiger partial charge in [-0.1, -0.05) is 26.3 Å². The van der Waals surface area contributed by atoms with Crippen LogP contribution in [0.5, 0.6) is 0 Å². The summed E-state index contributed by atoms with van der Waals surface area (Å²) in [6, 6.07) is 1.75. The highest BCUT2D eigenvalue weighted by Crippen LogP contribution is 2.74. The van der Waals surface area contributed by atoms with Crippen LogP contribution in [0.2, 0.25) is 0 Å². The summed E-state index contributed by atoms with van der Waals surface area (Å²) in [4.78, 5) is 53.1. The van der Waals surface area contributed by atoms with E-state index in [9.17, 15) is 24.3 Å². The maximum absolute atomic E-state index is 14.2. The van der Waals surface area contributed by atoms with Gasteiger partial charge in [0.05, 0.1) is 50.6 Å². The zero-order valence-corrected chi connectivity index (χ0v) is 20.5. The second-order valence-electron chi connectivity index (χ2n) is 10.9. The van der Waals surface area contributed by atoms with Crippen molar-refractivity contribution in [2.75, 3.05) is 14.2 Å². The van der Waals surface area contributed by atoms with Crippen LogP contribution in [0.4, 0.5) is 0 Å². The number of aliphatic hydroxyl groups excluding tert-OH is 1. The molecule has 1 N–H and O–H groups in total. The molecule has 6 atom stereocenters. The molecule has 2 saturated carbocycles. The van der Waals surface area contributed by atoms with Crippen LogP contribution >= 0.6 is 0 Å². The quantitative estimate of drug-likeness (QED) is 0.295. The molecule has 1 saturated heterocycles. The molecule has 2 bridgehead atoms. The van der Waals surface area contributed by atoms with Crippen molar-refractivity contribution >= 4 is 23.7 Å². The van der Waals surface area contributed by atoms with E-state index < -0.39 is 64.1 Å². The van der Waals surface area contributed by atoms with Gasteiger partial charge in [-0.2, -0.15) is 0 Å². The Bertz CT molecular complexity index is 1130. The lowest BCUT2D eigenvalue weighted by molar-refractivity contribution is -0.181. The van der Waals surface area contributed by atoms with Crippen molar-refractivity contribution < 1.29 is 42.9 Å². The van der Waals surface area contributed by atoms with Gasteiger partial charge in [-0.25, -0.2) is 0 Å². The van der Waals surface area contributed by atoms with E-state index in [1.54, 1.807) is 26.2 Å². The van der Waals surface area contributed by atoms with Crippen molar-refractivity contribution in [3.05, 3.63) is 35.3 Å². The Morgan fingerprint density at radius 3 is 2.37 bits per heavy atom. The molecule has 35 heavy (non-hydrogen) atoms. The lowest BCUT2D eigenvalue weighted by Crippen LogP contribution is -2.59. The summed E-state index contributed by atoms with van der Waals surface area (Å²) in [5.74, 6) is -5.54. The van der Waals surface area contributed by atoms with Crippen LogP contribution in [-0.2, 0) is 33.4 Å². The molecule has 1 aromatic rings. The first-order valence-electron chi connectivity index (χ1n) is 11.8. The zero-order chi connectivity index (χ0) is 25.5.